The first kappa shape index (κ1) is 7.67. The van der Waals surface area contributed by atoms with Crippen LogP contribution in [0.25, 0.3) is 0 Å². The molecule has 1 aliphatic rings. The Balaban J connectivity index is 2.62. The Bertz CT molecular complexity index is 423. The number of fused-ring (bicyclic) bond motifs is 1. The van der Waals surface area contributed by atoms with Gasteiger partial charge in [-0.2, -0.15) is 0 Å². The fraction of sp³-hybridized carbons (Fsp3) is 0. The number of nitrogens with one attached hydrogen (secondary N) is 2. The SMILES string of the molecule is N=C1C(=O)C(=O)Nc2ccccc21. The number of amides is 1. The minimum atomic E-state index is -0.779. The molecule has 4 heteroatoms. The second kappa shape index (κ2) is 2.52. The molecule has 0 spiro atoms. The predicted octanol–water partition coefficient (Wildman–Crippen LogP) is 0.576. The summed E-state index contributed by atoms with van der Waals surface area (Å²) in [7, 11) is 0. The molecule has 1 amide bonds. The summed E-state index contributed by atoms with van der Waals surface area (Å²) in [6.07, 6.45) is 0. The minimum Gasteiger partial charge on any atom is -0.318 e. The Labute approximate surface area is 74.1 Å². The van der Waals surface area contributed by atoms with Gasteiger partial charge in [-0.1, -0.05) is 18.2 Å². The zero-order valence-corrected chi connectivity index (χ0v) is 6.63. The molecule has 2 rings (SSSR count). The highest BCUT2D eigenvalue weighted by molar-refractivity contribution is 6.71. The van der Waals surface area contributed by atoms with Crippen molar-refractivity contribution in [3.05, 3.63) is 29.8 Å². The Kier molecular flexibility index (Phi) is 1.48. The quantitative estimate of drug-likeness (QED) is 0.564. The number of hydrogen-bond donors (Lipinski definition) is 2. The van der Waals surface area contributed by atoms with Gasteiger partial charge < -0.3 is 5.32 Å². The van der Waals surface area contributed by atoms with Gasteiger partial charge in [0, 0.05) is 5.56 Å². The standard InChI is InChI=1S/C9H6N2O2/c10-7-5-3-1-2-4-6(5)11-9(13)8(7)12/h1-4,10H,(H,11,13). The highest BCUT2D eigenvalue weighted by Gasteiger charge is 2.28. The molecule has 0 saturated heterocycles. The highest BCUT2D eigenvalue weighted by atomic mass is 16.2. The molecule has 1 heterocycles. The molecule has 0 unspecified atom stereocenters. The molecular formula is C9H6N2O2. The first-order valence-electron chi connectivity index (χ1n) is 3.74. The summed E-state index contributed by atoms with van der Waals surface area (Å²) in [6, 6.07) is 6.75. The van der Waals surface area contributed by atoms with Gasteiger partial charge in [-0.25, -0.2) is 0 Å². The fourth-order valence-electron chi connectivity index (χ4n) is 1.23. The lowest BCUT2D eigenvalue weighted by Crippen LogP contribution is -2.35. The third-order valence-corrected chi connectivity index (χ3v) is 1.88. The molecule has 0 bridgehead atoms. The molecule has 1 aliphatic heterocycles. The molecule has 1 aromatic rings. The van der Waals surface area contributed by atoms with Crippen LogP contribution in [-0.4, -0.2) is 17.4 Å². The van der Waals surface area contributed by atoms with Gasteiger partial charge in [0.2, 0.25) is 0 Å². The van der Waals surface area contributed by atoms with Crippen LogP contribution in [0.1, 0.15) is 5.56 Å². The average Bonchev–Trinajstić information content (AvgIpc) is 2.15. The Morgan fingerprint density at radius 3 is 2.62 bits per heavy atom. The molecule has 0 aliphatic carbocycles. The van der Waals surface area contributed by atoms with Gasteiger partial charge in [-0.05, 0) is 6.07 Å². The fourth-order valence-corrected chi connectivity index (χ4v) is 1.23. The van der Waals surface area contributed by atoms with Crippen molar-refractivity contribution >= 4 is 23.1 Å². The van der Waals surface area contributed by atoms with Crippen molar-refractivity contribution in [2.45, 2.75) is 0 Å². The number of rotatable bonds is 0. The molecule has 2 N–H and O–H groups in total. The number of anilines is 1. The zero-order valence-electron chi connectivity index (χ0n) is 6.63. The first-order valence-corrected chi connectivity index (χ1v) is 3.74. The van der Waals surface area contributed by atoms with Crippen LogP contribution in [0.3, 0.4) is 0 Å². The minimum absolute atomic E-state index is 0.237. The maximum atomic E-state index is 11.1. The summed E-state index contributed by atoms with van der Waals surface area (Å²) in [5.74, 6) is -1.51. The smallest absolute Gasteiger partial charge is 0.298 e. The number of carbonyl (C=O) groups excluding carboxylic acids is 2. The molecule has 64 valence electrons. The van der Waals surface area contributed by atoms with E-state index in [1.54, 1.807) is 24.3 Å². The summed E-state index contributed by atoms with van der Waals surface area (Å²) < 4.78 is 0. The predicted molar refractivity (Wildman–Crippen MR) is 46.9 cm³/mol. The molecule has 0 radical (unpaired) electrons. The lowest BCUT2D eigenvalue weighted by molar-refractivity contribution is -0.131. The van der Waals surface area contributed by atoms with E-state index in [4.69, 9.17) is 5.41 Å². The van der Waals surface area contributed by atoms with E-state index in [1.165, 1.54) is 0 Å². The molecule has 1 aromatic carbocycles. The van der Waals surface area contributed by atoms with Crippen LogP contribution in [-0.2, 0) is 9.59 Å². The van der Waals surface area contributed by atoms with Crippen molar-refractivity contribution < 1.29 is 9.59 Å². The van der Waals surface area contributed by atoms with Crippen LogP contribution in [0, 0.1) is 5.41 Å². The van der Waals surface area contributed by atoms with Gasteiger partial charge >= 0.3 is 0 Å². The topological polar surface area (TPSA) is 70.0 Å². The average molecular weight is 174 g/mol. The summed E-state index contributed by atoms with van der Waals surface area (Å²) in [5.41, 5.74) is 0.767. The number of hydrogen-bond acceptors (Lipinski definition) is 3. The van der Waals surface area contributed by atoms with Crippen LogP contribution in [0.2, 0.25) is 0 Å². The van der Waals surface area contributed by atoms with Crippen molar-refractivity contribution in [3.8, 4) is 0 Å². The van der Waals surface area contributed by atoms with Gasteiger partial charge in [-0.3, -0.25) is 15.0 Å². The van der Waals surface area contributed by atoms with Crippen molar-refractivity contribution in [3.63, 3.8) is 0 Å². The van der Waals surface area contributed by atoms with E-state index < -0.39 is 11.7 Å². The van der Waals surface area contributed by atoms with Crippen molar-refractivity contribution in [1.82, 2.24) is 0 Å². The summed E-state index contributed by atoms with van der Waals surface area (Å²) in [4.78, 5) is 22.0. The van der Waals surface area contributed by atoms with Crippen LogP contribution >= 0.6 is 0 Å². The van der Waals surface area contributed by atoms with Crippen molar-refractivity contribution in [2.75, 3.05) is 5.32 Å². The Morgan fingerprint density at radius 2 is 1.85 bits per heavy atom. The number of para-hydroxylation sites is 1. The monoisotopic (exact) mass is 174 g/mol. The van der Waals surface area contributed by atoms with E-state index >= 15 is 0 Å². The number of Topliss-reactive ketones (excluding diaryl/α,β-unsaturated/α-hetero) is 1. The van der Waals surface area contributed by atoms with Gasteiger partial charge in [0.15, 0.2) is 0 Å². The van der Waals surface area contributed by atoms with E-state index in [-0.39, 0.29) is 5.71 Å². The van der Waals surface area contributed by atoms with Crippen molar-refractivity contribution in [1.29, 1.82) is 5.41 Å². The normalized spacial score (nSPS) is 15.2. The van der Waals surface area contributed by atoms with E-state index in [1.807, 2.05) is 0 Å². The number of ketones is 1. The van der Waals surface area contributed by atoms with E-state index in [9.17, 15) is 9.59 Å². The summed E-state index contributed by atoms with van der Waals surface area (Å²) in [6.45, 7) is 0. The zero-order chi connectivity index (χ0) is 9.42. The Morgan fingerprint density at radius 1 is 1.15 bits per heavy atom. The summed E-state index contributed by atoms with van der Waals surface area (Å²) in [5, 5.41) is 9.81. The third-order valence-electron chi connectivity index (χ3n) is 1.88. The van der Waals surface area contributed by atoms with Gasteiger partial charge in [-0.15, -0.1) is 0 Å². The van der Waals surface area contributed by atoms with Gasteiger partial charge in [0.25, 0.3) is 11.7 Å². The first-order chi connectivity index (χ1) is 6.20. The Hall–Kier alpha value is -1.97. The molecule has 0 atom stereocenters. The van der Waals surface area contributed by atoms with E-state index in [2.05, 4.69) is 5.32 Å². The third kappa shape index (κ3) is 1.03. The maximum Gasteiger partial charge on any atom is 0.298 e. The molecule has 0 fully saturated rings. The lowest BCUT2D eigenvalue weighted by atomic mass is 10.0. The van der Waals surface area contributed by atoms with E-state index in [0.29, 0.717) is 11.3 Å². The molecule has 13 heavy (non-hydrogen) atoms. The van der Waals surface area contributed by atoms with Gasteiger partial charge in [0.1, 0.15) is 5.71 Å². The van der Waals surface area contributed by atoms with Crippen LogP contribution in [0.5, 0.6) is 0 Å². The van der Waals surface area contributed by atoms with Crippen LogP contribution < -0.4 is 5.32 Å². The van der Waals surface area contributed by atoms with Crippen LogP contribution in [0.4, 0.5) is 5.69 Å². The molecule has 0 saturated carbocycles. The molecule has 0 aromatic heterocycles. The highest BCUT2D eigenvalue weighted by Crippen LogP contribution is 2.19. The lowest BCUT2D eigenvalue weighted by Gasteiger charge is -2.15. The van der Waals surface area contributed by atoms with E-state index in [0.717, 1.165) is 0 Å². The van der Waals surface area contributed by atoms with Gasteiger partial charge in [0.05, 0.1) is 5.69 Å². The van der Waals surface area contributed by atoms with Crippen molar-refractivity contribution in [2.24, 2.45) is 0 Å². The van der Waals surface area contributed by atoms with Crippen LogP contribution in [0.15, 0.2) is 24.3 Å². The maximum absolute atomic E-state index is 11.1. The second-order valence-corrected chi connectivity index (χ2v) is 2.70. The molecular weight excluding hydrogens is 168 g/mol. The number of carbonyl (C=O) groups is 2. The largest absolute Gasteiger partial charge is 0.318 e. The summed E-state index contributed by atoms with van der Waals surface area (Å²) >= 11 is 0. The molecule has 4 nitrogen and oxygen atoms in total. The second-order valence-electron chi connectivity index (χ2n) is 2.70. The number of benzene rings is 1.